The Balaban J connectivity index is 1.47. The number of esters is 1. The molecular formula is C26H25FN2O4. The highest BCUT2D eigenvalue weighted by atomic mass is 19.1. The monoisotopic (exact) mass is 448 g/mol. The molecule has 4 rings (SSSR count). The smallest absolute Gasteiger partial charge is 0.323 e. The van der Waals surface area contributed by atoms with E-state index in [-0.39, 0.29) is 29.5 Å². The Kier molecular flexibility index (Phi) is 6.70. The lowest BCUT2D eigenvalue weighted by Gasteiger charge is -2.22. The van der Waals surface area contributed by atoms with Gasteiger partial charge in [0.25, 0.3) is 5.91 Å². The number of phenolic OH excluding ortho intramolecular Hbond substituents is 1. The number of nitrogens with one attached hydrogen (secondary N) is 1. The number of benzene rings is 3. The van der Waals surface area contributed by atoms with E-state index in [4.69, 9.17) is 4.74 Å². The number of likely N-dealkylation sites (tertiary alicyclic amines) is 1. The minimum Gasteiger partial charge on any atom is -0.508 e. The second kappa shape index (κ2) is 9.83. The Morgan fingerprint density at radius 3 is 2.52 bits per heavy atom. The average Bonchev–Trinajstić information content (AvgIpc) is 3.20. The number of halogens is 1. The van der Waals surface area contributed by atoms with Gasteiger partial charge in [-0.15, -0.1) is 0 Å². The second-order valence-electron chi connectivity index (χ2n) is 8.14. The van der Waals surface area contributed by atoms with E-state index in [0.29, 0.717) is 30.6 Å². The lowest BCUT2D eigenvalue weighted by Crippen LogP contribution is -2.37. The van der Waals surface area contributed by atoms with Crippen LogP contribution in [0.1, 0.15) is 22.3 Å². The predicted octanol–water partition coefficient (Wildman–Crippen LogP) is 3.74. The summed E-state index contributed by atoms with van der Waals surface area (Å²) >= 11 is 0. The van der Waals surface area contributed by atoms with Gasteiger partial charge in [-0.25, -0.2) is 4.39 Å². The van der Waals surface area contributed by atoms with Crippen LogP contribution in [-0.4, -0.2) is 47.6 Å². The molecule has 1 heterocycles. The number of carbonyl (C=O) groups is 2. The summed E-state index contributed by atoms with van der Waals surface area (Å²) in [6.45, 7) is 0.903. The third-order valence-corrected chi connectivity index (χ3v) is 5.79. The van der Waals surface area contributed by atoms with Crippen molar-refractivity contribution < 1.29 is 23.8 Å². The van der Waals surface area contributed by atoms with Gasteiger partial charge in [0, 0.05) is 24.7 Å². The van der Waals surface area contributed by atoms with Gasteiger partial charge in [-0.05, 0) is 59.5 Å². The highest BCUT2D eigenvalue weighted by molar-refractivity contribution is 5.95. The topological polar surface area (TPSA) is 78.9 Å². The van der Waals surface area contributed by atoms with Gasteiger partial charge < -0.3 is 15.2 Å². The number of rotatable bonds is 6. The van der Waals surface area contributed by atoms with Crippen LogP contribution in [0.25, 0.3) is 11.1 Å². The number of hydrogen-bond donors (Lipinski definition) is 2. The molecule has 2 N–H and O–H groups in total. The minimum absolute atomic E-state index is 0.157. The molecule has 6 nitrogen and oxygen atoms in total. The van der Waals surface area contributed by atoms with Crippen LogP contribution in [0.5, 0.6) is 5.75 Å². The Morgan fingerprint density at radius 2 is 1.79 bits per heavy atom. The normalized spacial score (nSPS) is 18.1. The molecule has 1 aliphatic heterocycles. The molecule has 0 radical (unpaired) electrons. The van der Waals surface area contributed by atoms with Crippen LogP contribution in [0.15, 0.2) is 72.8 Å². The second-order valence-corrected chi connectivity index (χ2v) is 8.14. The van der Waals surface area contributed by atoms with Crippen molar-refractivity contribution in [3.05, 3.63) is 89.7 Å². The average molecular weight is 448 g/mol. The molecule has 1 saturated heterocycles. The summed E-state index contributed by atoms with van der Waals surface area (Å²) in [4.78, 5) is 27.2. The van der Waals surface area contributed by atoms with Crippen molar-refractivity contribution in [1.29, 1.82) is 0 Å². The SMILES string of the molecule is COC(=O)[C@@H]1C[C@H](NC(=O)c2cccc(-c3cccc(F)c3)c2)CN1Cc1cccc(O)c1. The summed E-state index contributed by atoms with van der Waals surface area (Å²) < 4.78 is 18.6. The first-order valence-corrected chi connectivity index (χ1v) is 10.7. The van der Waals surface area contributed by atoms with Gasteiger partial charge in [-0.1, -0.05) is 36.4 Å². The van der Waals surface area contributed by atoms with Crippen molar-refractivity contribution in [1.82, 2.24) is 10.2 Å². The van der Waals surface area contributed by atoms with Crippen LogP contribution in [0.2, 0.25) is 0 Å². The van der Waals surface area contributed by atoms with E-state index in [1.165, 1.54) is 19.2 Å². The quantitative estimate of drug-likeness (QED) is 0.562. The fourth-order valence-corrected chi connectivity index (χ4v) is 4.23. The number of methoxy groups -OCH3 is 1. The number of hydrogen-bond acceptors (Lipinski definition) is 5. The van der Waals surface area contributed by atoms with E-state index in [1.807, 2.05) is 17.0 Å². The number of phenols is 1. The Morgan fingerprint density at radius 1 is 1.06 bits per heavy atom. The zero-order valence-electron chi connectivity index (χ0n) is 18.2. The zero-order chi connectivity index (χ0) is 23.4. The molecule has 0 unspecified atom stereocenters. The predicted molar refractivity (Wildman–Crippen MR) is 122 cm³/mol. The fraction of sp³-hybridized carbons (Fsp3) is 0.231. The molecule has 0 spiro atoms. The maximum Gasteiger partial charge on any atom is 0.323 e. The van der Waals surface area contributed by atoms with Crippen LogP contribution in [0.4, 0.5) is 4.39 Å². The first-order valence-electron chi connectivity index (χ1n) is 10.7. The van der Waals surface area contributed by atoms with Crippen molar-refractivity contribution in [2.45, 2.75) is 25.0 Å². The molecule has 0 saturated carbocycles. The lowest BCUT2D eigenvalue weighted by molar-refractivity contribution is -0.146. The lowest BCUT2D eigenvalue weighted by atomic mass is 10.0. The summed E-state index contributed by atoms with van der Waals surface area (Å²) in [5, 5.41) is 12.7. The molecule has 7 heteroatoms. The summed E-state index contributed by atoms with van der Waals surface area (Å²) in [7, 11) is 1.35. The summed E-state index contributed by atoms with van der Waals surface area (Å²) in [6, 6.07) is 19.3. The molecule has 3 aromatic rings. The van der Waals surface area contributed by atoms with E-state index in [1.54, 1.807) is 48.5 Å². The maximum atomic E-state index is 13.6. The van der Waals surface area contributed by atoms with Gasteiger partial charge in [0.1, 0.15) is 17.6 Å². The van der Waals surface area contributed by atoms with Crippen molar-refractivity contribution >= 4 is 11.9 Å². The van der Waals surface area contributed by atoms with E-state index in [9.17, 15) is 19.1 Å². The van der Waals surface area contributed by atoms with E-state index in [0.717, 1.165) is 11.1 Å². The Hall–Kier alpha value is -3.71. The maximum absolute atomic E-state index is 13.6. The molecule has 170 valence electrons. The standard InChI is InChI=1S/C26H25FN2O4/c1-33-26(32)24-14-22(16-29(24)15-17-5-2-10-23(30)11-17)28-25(31)20-8-3-6-18(12-20)19-7-4-9-21(27)13-19/h2-13,22,24,30H,14-16H2,1H3,(H,28,31)/t22-,24-/m0/s1. The van der Waals surface area contributed by atoms with Crippen molar-refractivity contribution in [3.8, 4) is 16.9 Å². The van der Waals surface area contributed by atoms with E-state index >= 15 is 0 Å². The van der Waals surface area contributed by atoms with Gasteiger partial charge in [0.05, 0.1) is 7.11 Å². The van der Waals surface area contributed by atoms with Gasteiger partial charge in [0.15, 0.2) is 0 Å². The molecule has 0 aromatic heterocycles. The molecule has 1 amide bonds. The molecule has 2 atom stereocenters. The summed E-state index contributed by atoms with van der Waals surface area (Å²) in [5.74, 6) is -0.806. The van der Waals surface area contributed by atoms with Gasteiger partial charge in [-0.3, -0.25) is 14.5 Å². The number of amides is 1. The van der Waals surface area contributed by atoms with Gasteiger partial charge in [0.2, 0.25) is 0 Å². The third-order valence-electron chi connectivity index (χ3n) is 5.79. The molecule has 0 aliphatic carbocycles. The summed E-state index contributed by atoms with van der Waals surface area (Å²) in [6.07, 6.45) is 0.417. The van der Waals surface area contributed by atoms with E-state index in [2.05, 4.69) is 5.32 Å². The largest absolute Gasteiger partial charge is 0.508 e. The first-order chi connectivity index (χ1) is 15.9. The Labute approximate surface area is 191 Å². The van der Waals surface area contributed by atoms with Gasteiger partial charge >= 0.3 is 5.97 Å². The molecule has 3 aromatic carbocycles. The minimum atomic E-state index is -0.499. The summed E-state index contributed by atoms with van der Waals surface area (Å²) in [5.41, 5.74) is 2.75. The highest BCUT2D eigenvalue weighted by Gasteiger charge is 2.38. The Bertz CT molecular complexity index is 1170. The van der Waals surface area contributed by atoms with Crippen LogP contribution in [-0.2, 0) is 16.1 Å². The number of ether oxygens (including phenoxy) is 1. The van der Waals surface area contributed by atoms with Crippen molar-refractivity contribution in [2.75, 3.05) is 13.7 Å². The zero-order valence-corrected chi connectivity index (χ0v) is 18.2. The molecular weight excluding hydrogens is 423 g/mol. The first kappa shape index (κ1) is 22.5. The van der Waals surface area contributed by atoms with Crippen molar-refractivity contribution in [2.24, 2.45) is 0 Å². The van der Waals surface area contributed by atoms with Crippen LogP contribution < -0.4 is 5.32 Å². The van der Waals surface area contributed by atoms with Crippen LogP contribution in [0, 0.1) is 5.82 Å². The molecule has 33 heavy (non-hydrogen) atoms. The highest BCUT2D eigenvalue weighted by Crippen LogP contribution is 2.25. The van der Waals surface area contributed by atoms with E-state index < -0.39 is 6.04 Å². The van der Waals surface area contributed by atoms with Crippen LogP contribution >= 0.6 is 0 Å². The third kappa shape index (κ3) is 5.38. The number of nitrogens with zero attached hydrogens (tertiary/aromatic N) is 1. The fourth-order valence-electron chi connectivity index (χ4n) is 4.23. The number of aromatic hydroxyl groups is 1. The molecule has 1 fully saturated rings. The van der Waals surface area contributed by atoms with Crippen molar-refractivity contribution in [3.63, 3.8) is 0 Å². The van der Waals surface area contributed by atoms with Crippen LogP contribution in [0.3, 0.4) is 0 Å². The molecule has 1 aliphatic rings. The molecule has 0 bridgehead atoms. The number of carbonyl (C=O) groups excluding carboxylic acids is 2. The van der Waals surface area contributed by atoms with Gasteiger partial charge in [-0.2, -0.15) is 0 Å².